The Labute approximate surface area is 85.3 Å². The summed E-state index contributed by atoms with van der Waals surface area (Å²) in [6.45, 7) is 0. The minimum Gasteiger partial charge on any atom is -0.328 e. The third kappa shape index (κ3) is 1.12. The van der Waals surface area contributed by atoms with Crippen LogP contribution in [0.5, 0.6) is 0 Å². The zero-order chi connectivity index (χ0) is 9.60. The molecule has 2 aliphatic rings. The Morgan fingerprint density at radius 2 is 2.00 bits per heavy atom. The normalized spacial score (nSPS) is 40.4. The quantitative estimate of drug-likeness (QED) is 0.718. The average molecular weight is 187 g/mol. The van der Waals surface area contributed by atoms with Gasteiger partial charge >= 0.3 is 0 Å². The van der Waals surface area contributed by atoms with Crippen LogP contribution in [0.2, 0.25) is 0 Å². The predicted molar refractivity (Wildman–Crippen MR) is 58.1 cm³/mol. The van der Waals surface area contributed by atoms with Crippen molar-refractivity contribution in [2.24, 2.45) is 11.7 Å². The van der Waals surface area contributed by atoms with Gasteiger partial charge in [0.15, 0.2) is 0 Å². The standard InChI is InChI=1S/C13H17N/c14-12-6-7-13(9-11(13)8-12)10-4-2-1-3-5-10/h1-5,11-12H,6-9,14H2. The van der Waals surface area contributed by atoms with Crippen LogP contribution < -0.4 is 5.73 Å². The van der Waals surface area contributed by atoms with Gasteiger partial charge in [-0.15, -0.1) is 0 Å². The van der Waals surface area contributed by atoms with Crippen LogP contribution in [0.25, 0.3) is 0 Å². The lowest BCUT2D eigenvalue weighted by Crippen LogP contribution is -2.29. The molecule has 0 heterocycles. The SMILES string of the molecule is NC1CCC2(c3ccccc3)CC2C1. The van der Waals surface area contributed by atoms with Crippen molar-refractivity contribution < 1.29 is 0 Å². The van der Waals surface area contributed by atoms with Crippen molar-refractivity contribution in [1.82, 2.24) is 0 Å². The lowest BCUT2D eigenvalue weighted by Gasteiger charge is -2.26. The van der Waals surface area contributed by atoms with Crippen molar-refractivity contribution >= 4 is 0 Å². The molecule has 0 aromatic heterocycles. The molecule has 3 rings (SSSR count). The van der Waals surface area contributed by atoms with Crippen LogP contribution >= 0.6 is 0 Å². The second kappa shape index (κ2) is 2.83. The topological polar surface area (TPSA) is 26.0 Å². The minimum absolute atomic E-state index is 0.472. The molecular weight excluding hydrogens is 170 g/mol. The van der Waals surface area contributed by atoms with Gasteiger partial charge in [0.1, 0.15) is 0 Å². The molecule has 1 aromatic rings. The lowest BCUT2D eigenvalue weighted by atomic mass is 9.81. The molecule has 3 unspecified atom stereocenters. The highest BCUT2D eigenvalue weighted by Gasteiger charge is 2.56. The molecule has 0 bridgehead atoms. The fraction of sp³-hybridized carbons (Fsp3) is 0.538. The summed E-state index contributed by atoms with van der Waals surface area (Å²) in [6.07, 6.45) is 5.15. The third-order valence-corrected chi connectivity index (χ3v) is 4.13. The van der Waals surface area contributed by atoms with Gasteiger partial charge in [0.2, 0.25) is 0 Å². The van der Waals surface area contributed by atoms with E-state index in [-0.39, 0.29) is 0 Å². The van der Waals surface area contributed by atoms with Crippen molar-refractivity contribution in [3.63, 3.8) is 0 Å². The number of rotatable bonds is 1. The number of hydrogen-bond donors (Lipinski definition) is 1. The van der Waals surface area contributed by atoms with Gasteiger partial charge in [-0.05, 0) is 42.6 Å². The molecule has 2 fully saturated rings. The third-order valence-electron chi connectivity index (χ3n) is 4.13. The Hall–Kier alpha value is -0.820. The minimum atomic E-state index is 0.472. The van der Waals surface area contributed by atoms with Crippen LogP contribution in [0.4, 0.5) is 0 Å². The van der Waals surface area contributed by atoms with Crippen molar-refractivity contribution in [3.05, 3.63) is 35.9 Å². The van der Waals surface area contributed by atoms with E-state index in [2.05, 4.69) is 30.3 Å². The second-order valence-electron chi connectivity index (χ2n) is 4.96. The molecule has 74 valence electrons. The van der Waals surface area contributed by atoms with Gasteiger partial charge in [0.25, 0.3) is 0 Å². The van der Waals surface area contributed by atoms with Crippen molar-refractivity contribution in [1.29, 1.82) is 0 Å². The summed E-state index contributed by atoms with van der Waals surface area (Å²) in [5.41, 5.74) is 8.08. The molecule has 1 aromatic carbocycles. The van der Waals surface area contributed by atoms with E-state index in [9.17, 15) is 0 Å². The highest BCUT2D eigenvalue weighted by atomic mass is 14.7. The summed E-state index contributed by atoms with van der Waals surface area (Å²) in [5, 5.41) is 0. The van der Waals surface area contributed by atoms with Gasteiger partial charge < -0.3 is 5.73 Å². The Balaban J connectivity index is 1.88. The zero-order valence-electron chi connectivity index (χ0n) is 8.45. The summed E-state index contributed by atoms with van der Waals surface area (Å²) < 4.78 is 0. The summed E-state index contributed by atoms with van der Waals surface area (Å²) in [7, 11) is 0. The van der Waals surface area contributed by atoms with Crippen LogP contribution in [0.3, 0.4) is 0 Å². The summed E-state index contributed by atoms with van der Waals surface area (Å²) in [6, 6.07) is 11.5. The van der Waals surface area contributed by atoms with Crippen LogP contribution in [0.1, 0.15) is 31.2 Å². The fourth-order valence-electron chi connectivity index (χ4n) is 3.19. The monoisotopic (exact) mass is 187 g/mol. The van der Waals surface area contributed by atoms with E-state index >= 15 is 0 Å². The Morgan fingerprint density at radius 1 is 1.21 bits per heavy atom. The molecule has 1 nitrogen and oxygen atoms in total. The summed E-state index contributed by atoms with van der Waals surface area (Å²) in [4.78, 5) is 0. The summed E-state index contributed by atoms with van der Waals surface area (Å²) >= 11 is 0. The molecule has 0 aliphatic heterocycles. The molecule has 0 amide bonds. The van der Waals surface area contributed by atoms with Crippen molar-refractivity contribution in [2.75, 3.05) is 0 Å². The van der Waals surface area contributed by atoms with E-state index in [0.29, 0.717) is 11.5 Å². The maximum absolute atomic E-state index is 5.99. The second-order valence-corrected chi connectivity index (χ2v) is 4.96. The fourth-order valence-corrected chi connectivity index (χ4v) is 3.19. The Kier molecular flexibility index (Phi) is 1.72. The molecule has 0 saturated heterocycles. The van der Waals surface area contributed by atoms with Crippen LogP contribution in [0.15, 0.2) is 30.3 Å². The van der Waals surface area contributed by atoms with E-state index in [1.807, 2.05) is 0 Å². The zero-order valence-corrected chi connectivity index (χ0v) is 8.45. The van der Waals surface area contributed by atoms with E-state index < -0.39 is 0 Å². The molecule has 2 aliphatic carbocycles. The van der Waals surface area contributed by atoms with Crippen LogP contribution in [0, 0.1) is 5.92 Å². The molecule has 3 atom stereocenters. The van der Waals surface area contributed by atoms with E-state index in [1.54, 1.807) is 5.56 Å². The number of nitrogens with two attached hydrogens (primary N) is 1. The van der Waals surface area contributed by atoms with Crippen LogP contribution in [-0.4, -0.2) is 6.04 Å². The molecule has 0 radical (unpaired) electrons. The molecular formula is C13H17N. The van der Waals surface area contributed by atoms with Crippen molar-refractivity contribution in [2.45, 2.75) is 37.1 Å². The lowest BCUT2D eigenvalue weighted by molar-refractivity contribution is 0.383. The van der Waals surface area contributed by atoms with E-state index in [1.165, 1.54) is 25.7 Å². The molecule has 0 spiro atoms. The van der Waals surface area contributed by atoms with Gasteiger partial charge in [0, 0.05) is 6.04 Å². The van der Waals surface area contributed by atoms with Gasteiger partial charge in [-0.25, -0.2) is 0 Å². The first-order valence-electron chi connectivity index (χ1n) is 5.62. The average Bonchev–Trinajstić information content (AvgIpc) is 2.94. The van der Waals surface area contributed by atoms with Gasteiger partial charge in [-0.2, -0.15) is 0 Å². The van der Waals surface area contributed by atoms with Crippen LogP contribution in [-0.2, 0) is 5.41 Å². The van der Waals surface area contributed by atoms with Gasteiger partial charge in [-0.3, -0.25) is 0 Å². The first-order valence-corrected chi connectivity index (χ1v) is 5.62. The molecule has 1 heteroatoms. The maximum atomic E-state index is 5.99. The Morgan fingerprint density at radius 3 is 2.71 bits per heavy atom. The smallest absolute Gasteiger partial charge is 0.00421 e. The number of fused-ring (bicyclic) bond motifs is 1. The first-order chi connectivity index (χ1) is 6.81. The number of hydrogen-bond acceptors (Lipinski definition) is 1. The number of benzene rings is 1. The molecule has 14 heavy (non-hydrogen) atoms. The van der Waals surface area contributed by atoms with E-state index in [4.69, 9.17) is 5.73 Å². The van der Waals surface area contributed by atoms with Crippen molar-refractivity contribution in [3.8, 4) is 0 Å². The Bertz CT molecular complexity index is 332. The highest BCUT2D eigenvalue weighted by molar-refractivity contribution is 5.34. The highest BCUT2D eigenvalue weighted by Crippen LogP contribution is 2.61. The maximum Gasteiger partial charge on any atom is 0.00421 e. The summed E-state index contributed by atoms with van der Waals surface area (Å²) in [5.74, 6) is 0.883. The van der Waals surface area contributed by atoms with Gasteiger partial charge in [-0.1, -0.05) is 30.3 Å². The molecule has 2 saturated carbocycles. The first kappa shape index (κ1) is 8.49. The largest absolute Gasteiger partial charge is 0.328 e. The van der Waals surface area contributed by atoms with Gasteiger partial charge in [0.05, 0.1) is 0 Å². The van der Waals surface area contributed by atoms with E-state index in [0.717, 1.165) is 5.92 Å². The molecule has 2 N–H and O–H groups in total. The predicted octanol–water partition coefficient (Wildman–Crippen LogP) is 2.46.